The molecule has 2 heterocycles. The Labute approximate surface area is 107 Å². The number of nitrogens with one attached hydrogen (secondary N) is 1. The minimum atomic E-state index is -0.759. The van der Waals surface area contributed by atoms with Crippen LogP contribution in [0, 0.1) is 0 Å². The number of rotatable bonds is 4. The van der Waals surface area contributed by atoms with Crippen molar-refractivity contribution in [1.29, 1.82) is 0 Å². The number of carbonyl (C=O) groups excluding carboxylic acids is 2. The molecule has 1 unspecified atom stereocenters. The molecule has 1 atom stereocenters. The van der Waals surface area contributed by atoms with Gasteiger partial charge in [0.1, 0.15) is 5.54 Å². The Morgan fingerprint density at radius 1 is 1.39 bits per heavy atom. The van der Waals surface area contributed by atoms with Gasteiger partial charge >= 0.3 is 6.03 Å². The largest absolute Gasteiger partial charge is 0.353 e. The van der Waals surface area contributed by atoms with Crippen LogP contribution in [0.1, 0.15) is 33.1 Å². The third-order valence-corrected chi connectivity index (χ3v) is 3.54. The molecular formula is C12H20N2O4. The number of nitrogens with zero attached hydrogens (tertiary/aromatic N) is 1. The highest BCUT2D eigenvalue weighted by Crippen LogP contribution is 2.21. The molecule has 0 aromatic rings. The zero-order valence-corrected chi connectivity index (χ0v) is 10.9. The second-order valence-electron chi connectivity index (χ2n) is 4.89. The van der Waals surface area contributed by atoms with Gasteiger partial charge in [0.05, 0.1) is 13.2 Å². The average molecular weight is 256 g/mol. The number of ether oxygens (including phenoxy) is 2. The van der Waals surface area contributed by atoms with Crippen LogP contribution in [-0.4, -0.2) is 48.4 Å². The van der Waals surface area contributed by atoms with Crippen molar-refractivity contribution < 1.29 is 19.1 Å². The normalized spacial score (nSPS) is 29.8. The van der Waals surface area contributed by atoms with Crippen molar-refractivity contribution in [3.05, 3.63) is 0 Å². The second-order valence-corrected chi connectivity index (χ2v) is 4.89. The molecule has 0 aliphatic carbocycles. The molecule has 3 amide bonds. The first kappa shape index (κ1) is 13.3. The summed E-state index contributed by atoms with van der Waals surface area (Å²) < 4.78 is 10.8. The molecule has 2 fully saturated rings. The van der Waals surface area contributed by atoms with Crippen LogP contribution in [0.3, 0.4) is 0 Å². The summed E-state index contributed by atoms with van der Waals surface area (Å²) in [7, 11) is 0. The fourth-order valence-electron chi connectivity index (χ4n) is 2.13. The number of urea groups is 1. The van der Waals surface area contributed by atoms with Crippen molar-refractivity contribution in [2.75, 3.05) is 19.8 Å². The fourth-order valence-corrected chi connectivity index (χ4v) is 2.13. The quantitative estimate of drug-likeness (QED) is 0.757. The van der Waals surface area contributed by atoms with E-state index in [-0.39, 0.29) is 18.2 Å². The predicted octanol–water partition coefficient (Wildman–Crippen LogP) is 0.860. The Bertz CT molecular complexity index is 341. The first-order chi connectivity index (χ1) is 8.57. The molecule has 0 spiro atoms. The third-order valence-electron chi connectivity index (χ3n) is 3.54. The lowest BCUT2D eigenvalue weighted by molar-refractivity contribution is -0.182. The lowest BCUT2D eigenvalue weighted by atomic mass is 9.99. The molecule has 0 aromatic heterocycles. The molecule has 2 aliphatic rings. The first-order valence-corrected chi connectivity index (χ1v) is 6.44. The van der Waals surface area contributed by atoms with E-state index in [2.05, 4.69) is 5.32 Å². The van der Waals surface area contributed by atoms with Crippen molar-refractivity contribution in [2.45, 2.75) is 44.9 Å². The summed E-state index contributed by atoms with van der Waals surface area (Å²) in [6.45, 7) is 5.33. The van der Waals surface area contributed by atoms with Crippen LogP contribution in [0.5, 0.6) is 0 Å². The maximum atomic E-state index is 12.1. The predicted molar refractivity (Wildman–Crippen MR) is 63.9 cm³/mol. The third kappa shape index (κ3) is 2.49. The van der Waals surface area contributed by atoms with E-state index in [1.54, 1.807) is 6.92 Å². The van der Waals surface area contributed by atoms with Crippen LogP contribution < -0.4 is 5.32 Å². The van der Waals surface area contributed by atoms with E-state index in [4.69, 9.17) is 9.47 Å². The van der Waals surface area contributed by atoms with Gasteiger partial charge in [-0.3, -0.25) is 9.69 Å². The Balaban J connectivity index is 1.89. The Morgan fingerprint density at radius 2 is 2.06 bits per heavy atom. The van der Waals surface area contributed by atoms with Gasteiger partial charge in [0, 0.05) is 13.0 Å². The summed E-state index contributed by atoms with van der Waals surface area (Å²) in [6.07, 6.45) is 1.71. The second kappa shape index (κ2) is 5.24. The van der Waals surface area contributed by atoms with E-state index in [0.717, 1.165) is 6.42 Å². The van der Waals surface area contributed by atoms with E-state index < -0.39 is 5.54 Å². The zero-order valence-electron chi connectivity index (χ0n) is 10.9. The maximum absolute atomic E-state index is 12.1. The molecule has 2 saturated heterocycles. The van der Waals surface area contributed by atoms with E-state index in [0.29, 0.717) is 32.6 Å². The number of hydrogen-bond donors (Lipinski definition) is 1. The van der Waals surface area contributed by atoms with E-state index in [9.17, 15) is 9.59 Å². The molecule has 0 saturated carbocycles. The summed E-state index contributed by atoms with van der Waals surface area (Å²) in [5, 5.41) is 2.72. The zero-order chi connectivity index (χ0) is 13.2. The number of amides is 3. The summed E-state index contributed by atoms with van der Waals surface area (Å²) in [6, 6.07) is -0.319. The smallest absolute Gasteiger partial charge is 0.325 e. The lowest BCUT2D eigenvalue weighted by Crippen LogP contribution is -2.43. The van der Waals surface area contributed by atoms with Gasteiger partial charge in [-0.2, -0.15) is 0 Å². The first-order valence-electron chi connectivity index (χ1n) is 6.44. The van der Waals surface area contributed by atoms with Crippen LogP contribution >= 0.6 is 0 Å². The molecular weight excluding hydrogens is 236 g/mol. The van der Waals surface area contributed by atoms with Gasteiger partial charge in [-0.25, -0.2) is 4.79 Å². The van der Waals surface area contributed by atoms with Gasteiger partial charge in [-0.15, -0.1) is 0 Å². The average Bonchev–Trinajstić information content (AvgIpc) is 2.60. The van der Waals surface area contributed by atoms with Crippen LogP contribution in [0.25, 0.3) is 0 Å². The monoisotopic (exact) mass is 256 g/mol. The molecule has 0 aromatic carbocycles. The van der Waals surface area contributed by atoms with Gasteiger partial charge in [-0.05, 0) is 19.8 Å². The van der Waals surface area contributed by atoms with E-state index in [1.807, 2.05) is 6.92 Å². The molecule has 0 bridgehead atoms. The highest BCUT2D eigenvalue weighted by atomic mass is 16.7. The topological polar surface area (TPSA) is 67.9 Å². The van der Waals surface area contributed by atoms with Crippen molar-refractivity contribution in [1.82, 2.24) is 10.2 Å². The van der Waals surface area contributed by atoms with Crippen molar-refractivity contribution in [3.63, 3.8) is 0 Å². The molecule has 2 aliphatic heterocycles. The molecule has 18 heavy (non-hydrogen) atoms. The Morgan fingerprint density at radius 3 is 2.61 bits per heavy atom. The highest BCUT2D eigenvalue weighted by Gasteiger charge is 2.46. The van der Waals surface area contributed by atoms with Crippen molar-refractivity contribution in [3.8, 4) is 0 Å². The molecule has 1 N–H and O–H groups in total. The van der Waals surface area contributed by atoms with E-state index in [1.165, 1.54) is 4.90 Å². The number of imide groups is 1. The summed E-state index contributed by atoms with van der Waals surface area (Å²) in [4.78, 5) is 25.1. The van der Waals surface area contributed by atoms with Crippen LogP contribution in [0.2, 0.25) is 0 Å². The van der Waals surface area contributed by atoms with Crippen LogP contribution in [0.15, 0.2) is 0 Å². The molecule has 2 rings (SSSR count). The Hall–Kier alpha value is -1.14. The minimum Gasteiger partial charge on any atom is -0.353 e. The maximum Gasteiger partial charge on any atom is 0.325 e. The number of hydrogen-bond acceptors (Lipinski definition) is 4. The van der Waals surface area contributed by atoms with Gasteiger partial charge in [0.2, 0.25) is 0 Å². The standard InChI is InChI=1S/C12H20N2O4/c1-3-12(2)10(15)14(11(16)13-12)6-5-9-17-7-4-8-18-9/h9H,3-8H2,1-2H3,(H,13,16). The van der Waals surface area contributed by atoms with Gasteiger partial charge in [0.25, 0.3) is 5.91 Å². The SMILES string of the molecule is CCC1(C)NC(=O)N(CCC2OCCCO2)C1=O. The van der Waals surface area contributed by atoms with Gasteiger partial charge < -0.3 is 14.8 Å². The summed E-state index contributed by atoms with van der Waals surface area (Å²) in [5.41, 5.74) is -0.759. The fraction of sp³-hybridized carbons (Fsp3) is 0.833. The van der Waals surface area contributed by atoms with Gasteiger partial charge in [-0.1, -0.05) is 6.92 Å². The van der Waals surface area contributed by atoms with Crippen molar-refractivity contribution in [2.24, 2.45) is 0 Å². The van der Waals surface area contributed by atoms with Crippen LogP contribution in [0.4, 0.5) is 4.79 Å². The molecule has 6 nitrogen and oxygen atoms in total. The van der Waals surface area contributed by atoms with Gasteiger partial charge in [0.15, 0.2) is 6.29 Å². The molecule has 6 heteroatoms. The molecule has 0 radical (unpaired) electrons. The molecule has 102 valence electrons. The summed E-state index contributed by atoms with van der Waals surface area (Å²) >= 11 is 0. The van der Waals surface area contributed by atoms with Crippen LogP contribution in [-0.2, 0) is 14.3 Å². The minimum absolute atomic E-state index is 0.161. The Kier molecular flexibility index (Phi) is 3.87. The summed E-state index contributed by atoms with van der Waals surface area (Å²) in [5.74, 6) is -0.161. The number of carbonyl (C=O) groups is 2. The highest BCUT2D eigenvalue weighted by molar-refractivity contribution is 6.06. The van der Waals surface area contributed by atoms with Crippen molar-refractivity contribution >= 4 is 11.9 Å². The lowest BCUT2D eigenvalue weighted by Gasteiger charge is -2.25. The van der Waals surface area contributed by atoms with E-state index >= 15 is 0 Å².